The summed E-state index contributed by atoms with van der Waals surface area (Å²) in [5.41, 5.74) is 2.88. The van der Waals surface area contributed by atoms with Crippen LogP contribution in [0.3, 0.4) is 0 Å². The van der Waals surface area contributed by atoms with Crippen LogP contribution in [0.4, 0.5) is 0 Å². The van der Waals surface area contributed by atoms with E-state index in [0.717, 1.165) is 5.92 Å². The maximum absolute atomic E-state index is 3.77. The third-order valence-electron chi connectivity index (χ3n) is 3.84. The number of benzene rings is 1. The van der Waals surface area contributed by atoms with E-state index in [4.69, 9.17) is 0 Å². The normalized spacial score (nSPS) is 17.4. The summed E-state index contributed by atoms with van der Waals surface area (Å²) in [4.78, 5) is 0. The van der Waals surface area contributed by atoms with Gasteiger partial charge in [0.1, 0.15) is 0 Å². The van der Waals surface area contributed by atoms with Crippen LogP contribution in [-0.2, 0) is 7.05 Å². The maximum atomic E-state index is 3.77. The number of aryl methyl sites for hydroxylation is 1. The molecule has 3 rings (SSSR count). The van der Waals surface area contributed by atoms with Crippen molar-refractivity contribution in [2.75, 3.05) is 0 Å². The molecule has 0 atom stereocenters. The van der Waals surface area contributed by atoms with Gasteiger partial charge in [-0.25, -0.2) is 0 Å². The van der Waals surface area contributed by atoms with Gasteiger partial charge in [0, 0.05) is 18.0 Å². The van der Waals surface area contributed by atoms with Crippen LogP contribution in [0, 0.1) is 0 Å². The third kappa shape index (κ3) is 1.43. The van der Waals surface area contributed by atoms with Gasteiger partial charge < -0.3 is 4.57 Å². The summed E-state index contributed by atoms with van der Waals surface area (Å²) >= 11 is 3.77. The Morgan fingerprint density at radius 3 is 2.62 bits per heavy atom. The summed E-state index contributed by atoms with van der Waals surface area (Å²) in [6.07, 6.45) is 5.49. The summed E-state index contributed by atoms with van der Waals surface area (Å²) in [6, 6.07) is 8.73. The molecule has 2 aromatic rings. The number of nitrogens with zero attached hydrogens (tertiary/aromatic N) is 1. The first-order chi connectivity index (χ1) is 7.79. The van der Waals surface area contributed by atoms with Crippen LogP contribution in [0.1, 0.15) is 37.2 Å². The number of fused-ring (bicyclic) bond motifs is 1. The zero-order valence-electron chi connectivity index (χ0n) is 9.54. The molecule has 0 spiro atoms. The average molecular weight is 278 g/mol. The lowest BCUT2D eigenvalue weighted by atomic mass is 9.97. The largest absolute Gasteiger partial charge is 0.338 e. The van der Waals surface area contributed by atoms with Crippen LogP contribution < -0.4 is 0 Å². The van der Waals surface area contributed by atoms with Gasteiger partial charge in [-0.2, -0.15) is 0 Å². The summed E-state index contributed by atoms with van der Waals surface area (Å²) in [5, 5.41) is 1.43. The Kier molecular flexibility index (Phi) is 2.55. The van der Waals surface area contributed by atoms with E-state index in [1.54, 1.807) is 0 Å². The van der Waals surface area contributed by atoms with E-state index in [-0.39, 0.29) is 0 Å². The molecule has 1 saturated carbocycles. The minimum Gasteiger partial charge on any atom is -0.338 e. The quantitative estimate of drug-likeness (QED) is 0.718. The Morgan fingerprint density at radius 2 is 1.88 bits per heavy atom. The van der Waals surface area contributed by atoms with E-state index in [0.29, 0.717) is 0 Å². The number of aromatic nitrogens is 1. The van der Waals surface area contributed by atoms with Crippen molar-refractivity contribution in [3.63, 3.8) is 0 Å². The highest BCUT2D eigenvalue weighted by Crippen LogP contribution is 2.42. The SMILES string of the molecule is Cn1c(Br)c(C2CCCC2)c2ccccc21. The van der Waals surface area contributed by atoms with Gasteiger partial charge in [0.15, 0.2) is 0 Å². The lowest BCUT2D eigenvalue weighted by molar-refractivity contribution is 0.718. The Labute approximate surface area is 105 Å². The molecule has 1 fully saturated rings. The van der Waals surface area contributed by atoms with Gasteiger partial charge in [-0.05, 0) is 46.3 Å². The first kappa shape index (κ1) is 10.4. The summed E-state index contributed by atoms with van der Waals surface area (Å²) in [5.74, 6) is 0.764. The van der Waals surface area contributed by atoms with E-state index in [1.165, 1.54) is 46.8 Å². The second-order valence-electron chi connectivity index (χ2n) is 4.76. The first-order valence-corrected chi connectivity index (χ1v) is 6.81. The highest BCUT2D eigenvalue weighted by Gasteiger charge is 2.24. The molecule has 1 heterocycles. The van der Waals surface area contributed by atoms with Crippen molar-refractivity contribution in [3.05, 3.63) is 34.4 Å². The lowest BCUT2D eigenvalue weighted by Gasteiger charge is -2.08. The standard InChI is InChI=1S/C14H16BrN/c1-16-12-9-5-4-8-11(12)13(14(16)15)10-6-2-3-7-10/h4-5,8-10H,2-3,6-7H2,1H3. The van der Waals surface area contributed by atoms with Crippen molar-refractivity contribution < 1.29 is 0 Å². The van der Waals surface area contributed by atoms with Crippen molar-refractivity contribution in [1.29, 1.82) is 0 Å². The molecule has 0 N–H and O–H groups in total. The fourth-order valence-electron chi connectivity index (χ4n) is 2.99. The molecule has 2 heteroatoms. The zero-order chi connectivity index (χ0) is 11.1. The molecule has 16 heavy (non-hydrogen) atoms. The minimum absolute atomic E-state index is 0.764. The van der Waals surface area contributed by atoms with Gasteiger partial charge >= 0.3 is 0 Å². The van der Waals surface area contributed by atoms with Crippen molar-refractivity contribution in [2.45, 2.75) is 31.6 Å². The third-order valence-corrected chi connectivity index (χ3v) is 4.79. The Balaban J connectivity index is 2.26. The Bertz CT molecular complexity index is 521. The fraction of sp³-hybridized carbons (Fsp3) is 0.429. The van der Waals surface area contributed by atoms with E-state index in [1.807, 2.05) is 0 Å². The van der Waals surface area contributed by atoms with E-state index >= 15 is 0 Å². The maximum Gasteiger partial charge on any atom is 0.0890 e. The van der Waals surface area contributed by atoms with Crippen molar-refractivity contribution in [1.82, 2.24) is 4.57 Å². The van der Waals surface area contributed by atoms with Crippen LogP contribution in [0.25, 0.3) is 10.9 Å². The number of rotatable bonds is 1. The van der Waals surface area contributed by atoms with Crippen LogP contribution in [0.2, 0.25) is 0 Å². The van der Waals surface area contributed by atoms with Gasteiger partial charge in [-0.15, -0.1) is 0 Å². The molecule has 0 unspecified atom stereocenters. The Hall–Kier alpha value is -0.760. The molecule has 1 aromatic carbocycles. The van der Waals surface area contributed by atoms with Gasteiger partial charge in [0.2, 0.25) is 0 Å². The highest BCUT2D eigenvalue weighted by atomic mass is 79.9. The summed E-state index contributed by atoms with van der Waals surface area (Å²) < 4.78 is 3.55. The molecule has 1 aliphatic carbocycles. The molecule has 1 aliphatic rings. The lowest BCUT2D eigenvalue weighted by Crippen LogP contribution is -1.93. The summed E-state index contributed by atoms with van der Waals surface area (Å²) in [6.45, 7) is 0. The van der Waals surface area contributed by atoms with E-state index < -0.39 is 0 Å². The molecule has 0 aliphatic heterocycles. The van der Waals surface area contributed by atoms with Crippen LogP contribution >= 0.6 is 15.9 Å². The molecular weight excluding hydrogens is 262 g/mol. The zero-order valence-corrected chi connectivity index (χ0v) is 11.1. The van der Waals surface area contributed by atoms with Crippen molar-refractivity contribution in [2.24, 2.45) is 7.05 Å². The molecular formula is C14H16BrN. The number of para-hydroxylation sites is 1. The second-order valence-corrected chi connectivity index (χ2v) is 5.51. The van der Waals surface area contributed by atoms with Crippen molar-refractivity contribution in [3.8, 4) is 0 Å². The fourth-order valence-corrected chi connectivity index (χ4v) is 3.72. The molecule has 0 bridgehead atoms. The predicted octanol–water partition coefficient (Wildman–Crippen LogP) is 4.60. The van der Waals surface area contributed by atoms with Gasteiger partial charge in [-0.1, -0.05) is 31.0 Å². The summed E-state index contributed by atoms with van der Waals surface area (Å²) in [7, 11) is 2.14. The minimum atomic E-state index is 0.764. The van der Waals surface area contributed by atoms with Crippen LogP contribution in [-0.4, -0.2) is 4.57 Å². The van der Waals surface area contributed by atoms with Gasteiger partial charge in [0.05, 0.1) is 4.60 Å². The van der Waals surface area contributed by atoms with Crippen molar-refractivity contribution >= 4 is 26.8 Å². The van der Waals surface area contributed by atoms with E-state index in [2.05, 4.69) is 51.8 Å². The number of hydrogen-bond acceptors (Lipinski definition) is 0. The van der Waals surface area contributed by atoms with Gasteiger partial charge in [-0.3, -0.25) is 0 Å². The highest BCUT2D eigenvalue weighted by molar-refractivity contribution is 9.10. The monoisotopic (exact) mass is 277 g/mol. The predicted molar refractivity (Wildman–Crippen MR) is 71.8 cm³/mol. The average Bonchev–Trinajstić information content (AvgIpc) is 2.89. The number of hydrogen-bond donors (Lipinski definition) is 0. The Morgan fingerprint density at radius 1 is 1.19 bits per heavy atom. The second kappa shape index (κ2) is 3.92. The molecule has 1 nitrogen and oxygen atoms in total. The molecule has 84 valence electrons. The molecule has 0 saturated heterocycles. The molecule has 0 radical (unpaired) electrons. The molecule has 0 amide bonds. The molecule has 1 aromatic heterocycles. The van der Waals surface area contributed by atoms with Gasteiger partial charge in [0.25, 0.3) is 0 Å². The smallest absolute Gasteiger partial charge is 0.0890 e. The van der Waals surface area contributed by atoms with E-state index in [9.17, 15) is 0 Å². The topological polar surface area (TPSA) is 4.93 Å². The first-order valence-electron chi connectivity index (χ1n) is 6.02. The number of halogens is 1. The van der Waals surface area contributed by atoms with Crippen LogP contribution in [0.5, 0.6) is 0 Å². The van der Waals surface area contributed by atoms with Crippen LogP contribution in [0.15, 0.2) is 28.9 Å².